The molecule has 3 N–H and O–H groups in total. The van der Waals surface area contributed by atoms with Crippen molar-refractivity contribution in [3.05, 3.63) is 95.8 Å². The van der Waals surface area contributed by atoms with Gasteiger partial charge in [-0.15, -0.1) is 0 Å². The van der Waals surface area contributed by atoms with E-state index in [2.05, 4.69) is 22.5 Å². The van der Waals surface area contributed by atoms with E-state index in [0.717, 1.165) is 28.9 Å². The van der Waals surface area contributed by atoms with Gasteiger partial charge in [0, 0.05) is 30.2 Å². The van der Waals surface area contributed by atoms with E-state index in [1.54, 1.807) is 6.20 Å². The van der Waals surface area contributed by atoms with Crippen molar-refractivity contribution in [2.45, 2.75) is 31.9 Å². The number of carbonyl (C=O) groups is 1. The van der Waals surface area contributed by atoms with Crippen molar-refractivity contribution in [1.82, 2.24) is 10.3 Å². The molecule has 1 amide bonds. The Morgan fingerprint density at radius 3 is 2.45 bits per heavy atom. The molecule has 0 saturated carbocycles. The smallest absolute Gasteiger partial charge is 0.230 e. The van der Waals surface area contributed by atoms with Crippen molar-refractivity contribution < 1.29 is 9.90 Å². The van der Waals surface area contributed by atoms with E-state index in [0.29, 0.717) is 6.54 Å². The molecule has 0 aliphatic heterocycles. The van der Waals surface area contributed by atoms with Gasteiger partial charge in [0.1, 0.15) is 0 Å². The van der Waals surface area contributed by atoms with Crippen LogP contribution >= 0.6 is 0 Å². The van der Waals surface area contributed by atoms with Crippen LogP contribution in [0.5, 0.6) is 0 Å². The summed E-state index contributed by atoms with van der Waals surface area (Å²) in [6, 6.07) is 23.2. The molecule has 0 bridgehead atoms. The molecule has 5 heteroatoms. The van der Waals surface area contributed by atoms with Crippen LogP contribution in [-0.4, -0.2) is 28.6 Å². The molecule has 2 atom stereocenters. The number of carbonyl (C=O) groups excluding carboxylic acids is 1. The third kappa shape index (κ3) is 6.82. The molecule has 0 saturated heterocycles. The van der Waals surface area contributed by atoms with Crippen LogP contribution in [0.15, 0.2) is 79.0 Å². The summed E-state index contributed by atoms with van der Waals surface area (Å²) < 4.78 is 0. The summed E-state index contributed by atoms with van der Waals surface area (Å²) in [4.78, 5) is 16.6. The lowest BCUT2D eigenvalue weighted by Crippen LogP contribution is -2.32. The quantitative estimate of drug-likeness (QED) is 0.524. The number of rotatable bonds is 9. The van der Waals surface area contributed by atoms with E-state index in [1.807, 2.05) is 72.8 Å². The topological polar surface area (TPSA) is 74.2 Å². The van der Waals surface area contributed by atoms with Crippen LogP contribution in [0.3, 0.4) is 0 Å². The Kier molecular flexibility index (Phi) is 7.50. The zero-order valence-electron chi connectivity index (χ0n) is 16.6. The number of hydrogen-bond acceptors (Lipinski definition) is 4. The van der Waals surface area contributed by atoms with Gasteiger partial charge in [0.25, 0.3) is 0 Å². The van der Waals surface area contributed by atoms with Gasteiger partial charge in [-0.05, 0) is 48.7 Å². The van der Waals surface area contributed by atoms with Gasteiger partial charge in [-0.2, -0.15) is 0 Å². The van der Waals surface area contributed by atoms with Gasteiger partial charge in [-0.1, -0.05) is 48.5 Å². The van der Waals surface area contributed by atoms with Crippen LogP contribution < -0.4 is 10.6 Å². The number of amides is 1. The summed E-state index contributed by atoms with van der Waals surface area (Å²) in [6.45, 7) is 2.57. The molecule has 3 rings (SSSR count). The second-order valence-corrected chi connectivity index (χ2v) is 7.19. The first-order valence-corrected chi connectivity index (χ1v) is 9.85. The zero-order chi connectivity index (χ0) is 20.5. The van der Waals surface area contributed by atoms with Crippen LogP contribution in [-0.2, 0) is 17.6 Å². The molecular formula is C24H27N3O2. The van der Waals surface area contributed by atoms with Gasteiger partial charge < -0.3 is 15.7 Å². The lowest BCUT2D eigenvalue weighted by molar-refractivity contribution is -0.115. The predicted octanol–water partition coefficient (Wildman–Crippen LogP) is 3.52. The van der Waals surface area contributed by atoms with E-state index >= 15 is 0 Å². The minimum Gasteiger partial charge on any atom is -0.387 e. The average molecular weight is 389 g/mol. The summed E-state index contributed by atoms with van der Waals surface area (Å²) in [6.07, 6.45) is 2.23. The van der Waals surface area contributed by atoms with Crippen LogP contribution in [0.25, 0.3) is 0 Å². The zero-order valence-corrected chi connectivity index (χ0v) is 16.6. The van der Waals surface area contributed by atoms with E-state index in [9.17, 15) is 9.90 Å². The Morgan fingerprint density at radius 1 is 1.03 bits per heavy atom. The molecule has 0 spiro atoms. The van der Waals surface area contributed by atoms with Crippen LogP contribution in [0.1, 0.15) is 29.8 Å². The van der Waals surface area contributed by atoms with Crippen molar-refractivity contribution in [2.75, 3.05) is 11.9 Å². The molecule has 0 aliphatic carbocycles. The fourth-order valence-electron chi connectivity index (χ4n) is 3.17. The molecular weight excluding hydrogens is 362 g/mol. The number of anilines is 1. The van der Waals surface area contributed by atoms with Gasteiger partial charge in [-0.25, -0.2) is 0 Å². The van der Waals surface area contributed by atoms with Crippen LogP contribution in [0.4, 0.5) is 5.69 Å². The van der Waals surface area contributed by atoms with E-state index in [-0.39, 0.29) is 18.4 Å². The molecule has 1 aromatic heterocycles. The highest BCUT2D eigenvalue weighted by molar-refractivity contribution is 5.91. The largest absolute Gasteiger partial charge is 0.387 e. The van der Waals surface area contributed by atoms with Crippen LogP contribution in [0, 0.1) is 0 Å². The summed E-state index contributed by atoms with van der Waals surface area (Å²) in [5.74, 6) is -0.0852. The van der Waals surface area contributed by atoms with Crippen LogP contribution in [0.2, 0.25) is 0 Å². The molecule has 0 fully saturated rings. The van der Waals surface area contributed by atoms with Crippen molar-refractivity contribution in [1.29, 1.82) is 0 Å². The second-order valence-electron chi connectivity index (χ2n) is 7.19. The molecule has 2 aromatic carbocycles. The SMILES string of the molecule is C[C@@H](Cc1ccnc(CC(=O)Nc2ccccc2)c1)NC[C@H](O)c1ccccc1. The number of pyridine rings is 1. The Hall–Kier alpha value is -3.02. The number of benzene rings is 2. The summed E-state index contributed by atoms with van der Waals surface area (Å²) >= 11 is 0. The van der Waals surface area contributed by atoms with Gasteiger partial charge in [0.2, 0.25) is 5.91 Å². The third-order valence-electron chi connectivity index (χ3n) is 4.67. The number of nitrogens with one attached hydrogen (secondary N) is 2. The maximum Gasteiger partial charge on any atom is 0.230 e. The first-order chi connectivity index (χ1) is 14.1. The molecule has 5 nitrogen and oxygen atoms in total. The van der Waals surface area contributed by atoms with Crippen molar-refractivity contribution in [2.24, 2.45) is 0 Å². The Morgan fingerprint density at radius 2 is 1.72 bits per heavy atom. The van der Waals surface area contributed by atoms with E-state index in [1.165, 1.54) is 0 Å². The standard InChI is InChI=1S/C24H27N3O2/c1-18(26-17-23(28)20-8-4-2-5-9-20)14-19-12-13-25-22(15-19)16-24(29)27-21-10-6-3-7-11-21/h2-13,15,18,23,26,28H,14,16-17H2,1H3,(H,27,29)/t18-,23-/m0/s1. The normalized spacial score (nSPS) is 12.9. The number of nitrogens with zero attached hydrogens (tertiary/aromatic N) is 1. The monoisotopic (exact) mass is 389 g/mol. The lowest BCUT2D eigenvalue weighted by Gasteiger charge is -2.18. The number of hydrogen-bond donors (Lipinski definition) is 3. The number of para-hydroxylation sites is 1. The molecule has 0 radical (unpaired) electrons. The maximum atomic E-state index is 12.2. The first-order valence-electron chi connectivity index (χ1n) is 9.85. The fraction of sp³-hybridized carbons (Fsp3) is 0.250. The Balaban J connectivity index is 1.49. The molecule has 3 aromatic rings. The maximum absolute atomic E-state index is 12.2. The average Bonchev–Trinajstić information content (AvgIpc) is 2.73. The van der Waals surface area contributed by atoms with Gasteiger partial charge in [0.05, 0.1) is 12.5 Å². The summed E-state index contributed by atoms with van der Waals surface area (Å²) in [5.41, 5.74) is 3.54. The fourth-order valence-corrected chi connectivity index (χ4v) is 3.17. The number of aromatic nitrogens is 1. The Bertz CT molecular complexity index is 900. The molecule has 0 aliphatic rings. The van der Waals surface area contributed by atoms with Gasteiger partial charge in [0.15, 0.2) is 0 Å². The highest BCUT2D eigenvalue weighted by Gasteiger charge is 2.11. The number of aliphatic hydroxyl groups excluding tert-OH is 1. The summed E-state index contributed by atoms with van der Waals surface area (Å²) in [5, 5.41) is 16.5. The van der Waals surface area contributed by atoms with Crippen molar-refractivity contribution in [3.63, 3.8) is 0 Å². The minimum atomic E-state index is -0.534. The molecule has 150 valence electrons. The molecule has 1 heterocycles. The summed E-state index contributed by atoms with van der Waals surface area (Å²) in [7, 11) is 0. The highest BCUT2D eigenvalue weighted by Crippen LogP contribution is 2.12. The second kappa shape index (κ2) is 10.5. The lowest BCUT2D eigenvalue weighted by atomic mass is 10.1. The Labute approximate surface area is 171 Å². The van der Waals surface area contributed by atoms with Gasteiger partial charge in [-0.3, -0.25) is 9.78 Å². The minimum absolute atomic E-state index is 0.0852. The van der Waals surface area contributed by atoms with Crippen molar-refractivity contribution in [3.8, 4) is 0 Å². The molecule has 0 unspecified atom stereocenters. The van der Waals surface area contributed by atoms with E-state index in [4.69, 9.17) is 0 Å². The predicted molar refractivity (Wildman–Crippen MR) is 116 cm³/mol. The first kappa shape index (κ1) is 20.7. The molecule has 29 heavy (non-hydrogen) atoms. The third-order valence-corrected chi connectivity index (χ3v) is 4.67. The number of aliphatic hydroxyl groups is 1. The highest BCUT2D eigenvalue weighted by atomic mass is 16.3. The van der Waals surface area contributed by atoms with Gasteiger partial charge >= 0.3 is 0 Å². The van der Waals surface area contributed by atoms with Crippen molar-refractivity contribution >= 4 is 11.6 Å². The van der Waals surface area contributed by atoms with E-state index < -0.39 is 6.10 Å².